The van der Waals surface area contributed by atoms with Gasteiger partial charge < -0.3 is 14.7 Å². The number of halogens is 2. The van der Waals surface area contributed by atoms with Crippen LogP contribution in [-0.4, -0.2) is 46.1 Å². The third-order valence-electron chi connectivity index (χ3n) is 5.75. The van der Waals surface area contributed by atoms with Crippen LogP contribution in [0.4, 0.5) is 4.39 Å². The third kappa shape index (κ3) is 4.53. The maximum atomic E-state index is 13.4. The van der Waals surface area contributed by atoms with Crippen molar-refractivity contribution in [3.63, 3.8) is 0 Å². The van der Waals surface area contributed by atoms with Crippen molar-refractivity contribution in [2.24, 2.45) is 5.92 Å². The highest BCUT2D eigenvalue weighted by molar-refractivity contribution is 6.33. The highest BCUT2D eigenvalue weighted by Gasteiger charge is 2.29. The average Bonchev–Trinajstić information content (AvgIpc) is 2.78. The summed E-state index contributed by atoms with van der Waals surface area (Å²) in [7, 11) is 0. The minimum Gasteiger partial charge on any atom is -0.481 e. The molecule has 6 nitrogen and oxygen atoms in total. The number of benzene rings is 2. The SMILES string of the molecule is C[C@@H](Oc1ccc2c(-c3ccc(F)cc3Cl)ccnc2c1)C(=O)N1CCC(C(=O)O)CC1. The second kappa shape index (κ2) is 9.12. The van der Waals surface area contributed by atoms with Gasteiger partial charge in [-0.05, 0) is 61.7 Å². The van der Waals surface area contributed by atoms with Crippen LogP contribution in [-0.2, 0) is 9.59 Å². The molecule has 8 heteroatoms. The Kier molecular flexibility index (Phi) is 6.28. The first kappa shape index (κ1) is 22.0. The Morgan fingerprint density at radius 2 is 1.91 bits per heavy atom. The molecule has 32 heavy (non-hydrogen) atoms. The van der Waals surface area contributed by atoms with Crippen LogP contribution in [0.1, 0.15) is 19.8 Å². The van der Waals surface area contributed by atoms with E-state index in [1.54, 1.807) is 36.2 Å². The van der Waals surface area contributed by atoms with Crippen molar-refractivity contribution >= 4 is 34.4 Å². The molecule has 0 radical (unpaired) electrons. The van der Waals surface area contributed by atoms with Crippen molar-refractivity contribution in [3.05, 3.63) is 59.5 Å². The summed E-state index contributed by atoms with van der Waals surface area (Å²) in [5.74, 6) is -1.29. The van der Waals surface area contributed by atoms with Gasteiger partial charge in [-0.25, -0.2) is 4.39 Å². The van der Waals surface area contributed by atoms with Gasteiger partial charge in [-0.15, -0.1) is 0 Å². The number of carbonyl (C=O) groups excluding carboxylic acids is 1. The van der Waals surface area contributed by atoms with Gasteiger partial charge in [0.05, 0.1) is 16.5 Å². The van der Waals surface area contributed by atoms with Crippen molar-refractivity contribution in [1.82, 2.24) is 9.88 Å². The van der Waals surface area contributed by atoms with Gasteiger partial charge in [0.15, 0.2) is 6.10 Å². The highest BCUT2D eigenvalue weighted by Crippen LogP contribution is 2.34. The number of aliphatic carboxylic acids is 1. The zero-order chi connectivity index (χ0) is 22.8. The average molecular weight is 457 g/mol. The summed E-state index contributed by atoms with van der Waals surface area (Å²) in [6.45, 7) is 2.49. The quantitative estimate of drug-likeness (QED) is 0.597. The lowest BCUT2D eigenvalue weighted by molar-refractivity contribution is -0.147. The van der Waals surface area contributed by atoms with E-state index in [4.69, 9.17) is 21.4 Å². The molecule has 1 saturated heterocycles. The summed E-state index contributed by atoms with van der Waals surface area (Å²) in [5, 5.41) is 10.2. The van der Waals surface area contributed by atoms with E-state index in [1.165, 1.54) is 12.1 Å². The molecule has 1 fully saturated rings. The maximum absolute atomic E-state index is 13.4. The first-order valence-corrected chi connectivity index (χ1v) is 10.7. The number of carbonyl (C=O) groups is 2. The van der Waals surface area contributed by atoms with Gasteiger partial charge >= 0.3 is 5.97 Å². The van der Waals surface area contributed by atoms with Crippen LogP contribution in [0.2, 0.25) is 5.02 Å². The predicted molar refractivity (Wildman–Crippen MR) is 119 cm³/mol. The molecule has 1 aliphatic rings. The van der Waals surface area contributed by atoms with Crippen LogP contribution >= 0.6 is 11.6 Å². The lowest BCUT2D eigenvalue weighted by Crippen LogP contribution is -2.45. The van der Waals surface area contributed by atoms with Crippen LogP contribution < -0.4 is 4.74 Å². The summed E-state index contributed by atoms with van der Waals surface area (Å²) in [5.41, 5.74) is 2.17. The first-order valence-electron chi connectivity index (χ1n) is 10.4. The number of fused-ring (bicyclic) bond motifs is 1. The van der Waals surface area contributed by atoms with Crippen LogP contribution in [0.3, 0.4) is 0 Å². The molecule has 0 aliphatic carbocycles. The van der Waals surface area contributed by atoms with Gasteiger partial charge in [0.25, 0.3) is 5.91 Å². The Morgan fingerprint density at radius 3 is 2.59 bits per heavy atom. The topological polar surface area (TPSA) is 79.7 Å². The van der Waals surface area contributed by atoms with Gasteiger partial charge in [0, 0.05) is 36.3 Å². The molecule has 0 spiro atoms. The van der Waals surface area contributed by atoms with E-state index < -0.39 is 23.8 Å². The third-order valence-corrected chi connectivity index (χ3v) is 6.06. The van der Waals surface area contributed by atoms with E-state index in [9.17, 15) is 14.0 Å². The monoisotopic (exact) mass is 456 g/mol. The second-order valence-electron chi connectivity index (χ2n) is 7.86. The van der Waals surface area contributed by atoms with E-state index in [0.717, 1.165) is 10.9 Å². The molecule has 2 heterocycles. The molecule has 1 aromatic heterocycles. The van der Waals surface area contributed by atoms with E-state index in [-0.39, 0.29) is 5.91 Å². The first-order chi connectivity index (χ1) is 15.3. The minimum atomic E-state index is -0.814. The van der Waals surface area contributed by atoms with Crippen LogP contribution in [0.25, 0.3) is 22.0 Å². The number of pyridine rings is 1. The highest BCUT2D eigenvalue weighted by atomic mass is 35.5. The number of aromatic nitrogens is 1. The minimum absolute atomic E-state index is 0.172. The van der Waals surface area contributed by atoms with Gasteiger partial charge in [0.1, 0.15) is 11.6 Å². The predicted octanol–water partition coefficient (Wildman–Crippen LogP) is 4.78. The summed E-state index contributed by atoms with van der Waals surface area (Å²) in [4.78, 5) is 29.9. The Labute approximate surface area is 189 Å². The molecule has 1 atom stereocenters. The molecule has 0 saturated carbocycles. The Hall–Kier alpha value is -3.19. The van der Waals surface area contributed by atoms with Crippen LogP contribution in [0.15, 0.2) is 48.7 Å². The summed E-state index contributed by atoms with van der Waals surface area (Å²) >= 11 is 6.24. The van der Waals surface area contributed by atoms with E-state index in [2.05, 4.69) is 4.98 Å². The molecule has 1 aliphatic heterocycles. The zero-order valence-electron chi connectivity index (χ0n) is 17.4. The number of hydrogen-bond donors (Lipinski definition) is 1. The van der Waals surface area contributed by atoms with E-state index in [0.29, 0.717) is 47.8 Å². The number of ether oxygens (including phenoxy) is 1. The van der Waals surface area contributed by atoms with Gasteiger partial charge in [-0.3, -0.25) is 14.6 Å². The molecular formula is C24H22ClFN2O4. The van der Waals surface area contributed by atoms with Gasteiger partial charge in [0.2, 0.25) is 0 Å². The fraction of sp³-hybridized carbons (Fsp3) is 0.292. The number of rotatable bonds is 5. The maximum Gasteiger partial charge on any atom is 0.306 e. The second-order valence-corrected chi connectivity index (χ2v) is 8.27. The molecule has 0 unspecified atom stereocenters. The number of nitrogens with zero attached hydrogens (tertiary/aromatic N) is 2. The number of hydrogen-bond acceptors (Lipinski definition) is 4. The molecule has 1 N–H and O–H groups in total. The van der Waals surface area contributed by atoms with E-state index >= 15 is 0 Å². The van der Waals surface area contributed by atoms with Crippen LogP contribution in [0, 0.1) is 11.7 Å². The molecule has 2 aromatic carbocycles. The largest absolute Gasteiger partial charge is 0.481 e. The number of likely N-dealkylation sites (tertiary alicyclic amines) is 1. The molecule has 0 bridgehead atoms. The van der Waals surface area contributed by atoms with E-state index in [1.807, 2.05) is 12.1 Å². The fourth-order valence-corrected chi connectivity index (χ4v) is 4.27. The standard InChI is InChI=1S/C24H22ClFN2O4/c1-14(23(29)28-10-7-15(8-11-28)24(30)31)32-17-3-5-20-18(6-9-27-22(20)13-17)19-4-2-16(26)12-21(19)25/h2-6,9,12-15H,7-8,10-11H2,1H3,(H,30,31)/t14-/m1/s1. The molecule has 3 aromatic rings. The Morgan fingerprint density at radius 1 is 1.16 bits per heavy atom. The van der Waals surface area contributed by atoms with Crippen molar-refractivity contribution in [2.75, 3.05) is 13.1 Å². The van der Waals surface area contributed by atoms with Crippen molar-refractivity contribution in [1.29, 1.82) is 0 Å². The number of carboxylic acids is 1. The van der Waals surface area contributed by atoms with Gasteiger partial charge in [-0.2, -0.15) is 0 Å². The summed E-state index contributed by atoms with van der Waals surface area (Å²) in [6.07, 6.45) is 1.82. The summed E-state index contributed by atoms with van der Waals surface area (Å²) in [6, 6.07) is 11.4. The number of amides is 1. The Bertz CT molecular complexity index is 1180. The molecular weight excluding hydrogens is 435 g/mol. The number of piperidine rings is 1. The summed E-state index contributed by atoms with van der Waals surface area (Å²) < 4.78 is 19.3. The normalized spacial score (nSPS) is 15.5. The Balaban J connectivity index is 1.51. The van der Waals surface area contributed by atoms with Gasteiger partial charge in [-0.1, -0.05) is 11.6 Å². The molecule has 1 amide bonds. The smallest absolute Gasteiger partial charge is 0.306 e. The molecule has 166 valence electrons. The zero-order valence-corrected chi connectivity index (χ0v) is 18.2. The van der Waals surface area contributed by atoms with Crippen molar-refractivity contribution in [2.45, 2.75) is 25.9 Å². The lowest BCUT2D eigenvalue weighted by atomic mass is 9.97. The van der Waals surface area contributed by atoms with Crippen molar-refractivity contribution in [3.8, 4) is 16.9 Å². The molecule has 4 rings (SSSR count). The lowest BCUT2D eigenvalue weighted by Gasteiger charge is -2.32. The number of carboxylic acid groups (broad SMARTS) is 1. The fourth-order valence-electron chi connectivity index (χ4n) is 4.00. The van der Waals surface area contributed by atoms with Crippen LogP contribution in [0.5, 0.6) is 5.75 Å². The van der Waals surface area contributed by atoms with Crippen molar-refractivity contribution < 1.29 is 23.8 Å².